The van der Waals surface area contributed by atoms with Crippen LogP contribution in [0.15, 0.2) is 0 Å². The van der Waals surface area contributed by atoms with E-state index in [0.29, 0.717) is 5.41 Å². The lowest BCUT2D eigenvalue weighted by Crippen LogP contribution is -2.53. The predicted molar refractivity (Wildman–Crippen MR) is 85.1 cm³/mol. The molecule has 0 aliphatic carbocycles. The Labute approximate surface area is 125 Å². The molecule has 3 aliphatic rings. The molecule has 3 heterocycles. The van der Waals surface area contributed by atoms with Crippen molar-refractivity contribution in [3.05, 3.63) is 0 Å². The standard InChI is InChI=1S/C17H33N3/c1-4-18-14-11-15-5-6-16(12-14)20(15)13-17(2)7-9-19(3)10-8-17/h14-16,18H,4-13H2,1-3H3. The van der Waals surface area contributed by atoms with Gasteiger partial charge in [0.05, 0.1) is 0 Å². The summed E-state index contributed by atoms with van der Waals surface area (Å²) in [6, 6.07) is 2.53. The Hall–Kier alpha value is -0.120. The lowest BCUT2D eigenvalue weighted by atomic mass is 9.79. The second kappa shape index (κ2) is 5.94. The summed E-state index contributed by atoms with van der Waals surface area (Å²) >= 11 is 0. The van der Waals surface area contributed by atoms with Gasteiger partial charge in [0.1, 0.15) is 0 Å². The minimum Gasteiger partial charge on any atom is -0.314 e. The van der Waals surface area contributed by atoms with E-state index in [2.05, 4.69) is 36.0 Å². The summed E-state index contributed by atoms with van der Waals surface area (Å²) in [6.07, 6.45) is 8.44. The van der Waals surface area contributed by atoms with E-state index in [1.165, 1.54) is 58.2 Å². The van der Waals surface area contributed by atoms with E-state index in [0.717, 1.165) is 24.7 Å². The van der Waals surface area contributed by atoms with E-state index in [4.69, 9.17) is 0 Å². The molecule has 3 heteroatoms. The van der Waals surface area contributed by atoms with Gasteiger partial charge in [0.2, 0.25) is 0 Å². The minimum absolute atomic E-state index is 0.568. The van der Waals surface area contributed by atoms with Crippen LogP contribution >= 0.6 is 0 Å². The summed E-state index contributed by atoms with van der Waals surface area (Å²) in [6.45, 7) is 9.85. The van der Waals surface area contributed by atoms with Crippen molar-refractivity contribution >= 4 is 0 Å². The van der Waals surface area contributed by atoms with Crippen LogP contribution in [0.3, 0.4) is 0 Å². The zero-order chi connectivity index (χ0) is 14.2. The van der Waals surface area contributed by atoms with Crippen molar-refractivity contribution in [3.63, 3.8) is 0 Å². The molecule has 3 saturated heterocycles. The maximum Gasteiger partial charge on any atom is 0.0114 e. The molecule has 2 bridgehead atoms. The fourth-order valence-electron chi connectivity index (χ4n) is 4.74. The second-order valence-electron chi connectivity index (χ2n) is 7.90. The zero-order valence-electron chi connectivity index (χ0n) is 13.7. The molecule has 3 fully saturated rings. The monoisotopic (exact) mass is 279 g/mol. The number of hydrogen-bond acceptors (Lipinski definition) is 3. The highest BCUT2D eigenvalue weighted by Crippen LogP contribution is 2.40. The summed E-state index contributed by atoms with van der Waals surface area (Å²) < 4.78 is 0. The Balaban J connectivity index is 1.59. The number of nitrogens with zero attached hydrogens (tertiary/aromatic N) is 2. The summed E-state index contributed by atoms with van der Waals surface area (Å²) in [5.74, 6) is 0. The average molecular weight is 279 g/mol. The van der Waals surface area contributed by atoms with Crippen LogP contribution in [0.25, 0.3) is 0 Å². The minimum atomic E-state index is 0.568. The summed E-state index contributed by atoms with van der Waals surface area (Å²) in [5, 5.41) is 3.69. The third-order valence-corrected chi connectivity index (χ3v) is 6.14. The molecule has 20 heavy (non-hydrogen) atoms. The first-order valence-corrected chi connectivity index (χ1v) is 8.77. The van der Waals surface area contributed by atoms with E-state index in [1.54, 1.807) is 0 Å². The lowest BCUT2D eigenvalue weighted by molar-refractivity contribution is 0.0357. The summed E-state index contributed by atoms with van der Waals surface area (Å²) in [4.78, 5) is 5.40. The van der Waals surface area contributed by atoms with Gasteiger partial charge in [0.15, 0.2) is 0 Å². The van der Waals surface area contributed by atoms with Gasteiger partial charge >= 0.3 is 0 Å². The normalized spacial score (nSPS) is 38.2. The fraction of sp³-hybridized carbons (Fsp3) is 1.00. The molecular weight excluding hydrogens is 246 g/mol. The molecule has 0 aromatic heterocycles. The van der Waals surface area contributed by atoms with Gasteiger partial charge in [-0.05, 0) is 70.6 Å². The molecule has 3 aliphatic heterocycles. The first-order chi connectivity index (χ1) is 9.59. The van der Waals surface area contributed by atoms with E-state index >= 15 is 0 Å². The van der Waals surface area contributed by atoms with E-state index in [-0.39, 0.29) is 0 Å². The van der Waals surface area contributed by atoms with Crippen molar-refractivity contribution in [2.75, 3.05) is 33.2 Å². The number of likely N-dealkylation sites (tertiary alicyclic amines) is 1. The van der Waals surface area contributed by atoms with Crippen molar-refractivity contribution < 1.29 is 0 Å². The van der Waals surface area contributed by atoms with Crippen molar-refractivity contribution in [3.8, 4) is 0 Å². The largest absolute Gasteiger partial charge is 0.314 e. The molecule has 116 valence electrons. The van der Waals surface area contributed by atoms with Crippen molar-refractivity contribution in [1.82, 2.24) is 15.1 Å². The van der Waals surface area contributed by atoms with Crippen LogP contribution in [0.4, 0.5) is 0 Å². The third kappa shape index (κ3) is 3.05. The number of hydrogen-bond donors (Lipinski definition) is 1. The molecule has 0 aromatic carbocycles. The van der Waals surface area contributed by atoms with Crippen molar-refractivity contribution in [2.24, 2.45) is 5.41 Å². The molecule has 2 atom stereocenters. The van der Waals surface area contributed by atoms with Gasteiger partial charge in [-0.1, -0.05) is 13.8 Å². The quantitative estimate of drug-likeness (QED) is 0.852. The fourth-order valence-corrected chi connectivity index (χ4v) is 4.74. The Morgan fingerprint density at radius 2 is 1.70 bits per heavy atom. The molecule has 3 rings (SSSR count). The van der Waals surface area contributed by atoms with Crippen LogP contribution in [0.1, 0.15) is 52.4 Å². The number of piperidine rings is 2. The molecule has 0 saturated carbocycles. The first kappa shape index (κ1) is 14.8. The topological polar surface area (TPSA) is 18.5 Å². The van der Waals surface area contributed by atoms with E-state index in [1.807, 2.05) is 0 Å². The highest BCUT2D eigenvalue weighted by molar-refractivity contribution is 4.99. The van der Waals surface area contributed by atoms with Gasteiger partial charge in [0, 0.05) is 24.7 Å². The van der Waals surface area contributed by atoms with Gasteiger partial charge in [-0.15, -0.1) is 0 Å². The zero-order valence-corrected chi connectivity index (χ0v) is 13.7. The molecular formula is C17H33N3. The Morgan fingerprint density at radius 1 is 1.10 bits per heavy atom. The van der Waals surface area contributed by atoms with Crippen molar-refractivity contribution in [1.29, 1.82) is 0 Å². The first-order valence-electron chi connectivity index (χ1n) is 8.77. The van der Waals surface area contributed by atoms with E-state index < -0.39 is 0 Å². The Kier molecular flexibility index (Phi) is 4.40. The molecule has 1 N–H and O–H groups in total. The lowest BCUT2D eigenvalue weighted by Gasteiger charge is -2.46. The molecule has 0 amide bonds. The molecule has 2 unspecified atom stereocenters. The number of rotatable bonds is 4. The molecule has 0 radical (unpaired) electrons. The van der Waals surface area contributed by atoms with Crippen LogP contribution in [-0.4, -0.2) is 61.2 Å². The molecule has 3 nitrogen and oxygen atoms in total. The third-order valence-electron chi connectivity index (χ3n) is 6.14. The smallest absolute Gasteiger partial charge is 0.0114 e. The summed E-state index contributed by atoms with van der Waals surface area (Å²) in [5.41, 5.74) is 0.568. The van der Waals surface area contributed by atoms with Crippen LogP contribution in [0.2, 0.25) is 0 Å². The van der Waals surface area contributed by atoms with Gasteiger partial charge in [0.25, 0.3) is 0 Å². The second-order valence-corrected chi connectivity index (χ2v) is 7.90. The highest BCUT2D eigenvalue weighted by atomic mass is 15.2. The van der Waals surface area contributed by atoms with Crippen LogP contribution in [0.5, 0.6) is 0 Å². The van der Waals surface area contributed by atoms with Gasteiger partial charge < -0.3 is 10.2 Å². The average Bonchev–Trinajstić information content (AvgIpc) is 2.65. The predicted octanol–water partition coefficient (Wildman–Crippen LogP) is 2.32. The Morgan fingerprint density at radius 3 is 2.25 bits per heavy atom. The van der Waals surface area contributed by atoms with Crippen LogP contribution < -0.4 is 5.32 Å². The van der Waals surface area contributed by atoms with Gasteiger partial charge in [-0.3, -0.25) is 4.90 Å². The molecule has 0 aromatic rings. The number of fused-ring (bicyclic) bond motifs is 2. The highest BCUT2D eigenvalue weighted by Gasteiger charge is 2.43. The van der Waals surface area contributed by atoms with Crippen LogP contribution in [0, 0.1) is 5.41 Å². The van der Waals surface area contributed by atoms with Crippen LogP contribution in [-0.2, 0) is 0 Å². The summed E-state index contributed by atoms with van der Waals surface area (Å²) in [7, 11) is 2.27. The SMILES string of the molecule is CCNC1CC2CCC(C1)N2CC1(C)CCN(C)CC1. The van der Waals surface area contributed by atoms with Gasteiger partial charge in [-0.2, -0.15) is 0 Å². The molecule has 0 spiro atoms. The maximum absolute atomic E-state index is 3.69. The Bertz CT molecular complexity index is 308. The number of nitrogens with one attached hydrogen (secondary N) is 1. The van der Waals surface area contributed by atoms with Gasteiger partial charge in [-0.25, -0.2) is 0 Å². The van der Waals surface area contributed by atoms with E-state index in [9.17, 15) is 0 Å². The van der Waals surface area contributed by atoms with Crippen molar-refractivity contribution in [2.45, 2.75) is 70.5 Å². The maximum atomic E-state index is 3.69.